The van der Waals surface area contributed by atoms with Crippen molar-refractivity contribution < 1.29 is 4.79 Å². The Morgan fingerprint density at radius 2 is 1.90 bits per heavy atom. The van der Waals surface area contributed by atoms with Crippen LogP contribution in [0.1, 0.15) is 31.4 Å². The molecule has 0 spiro atoms. The van der Waals surface area contributed by atoms with Gasteiger partial charge in [0.25, 0.3) is 0 Å². The zero-order valence-electron chi connectivity index (χ0n) is 17.1. The molecule has 2 aromatic heterocycles. The third kappa shape index (κ3) is 4.57. The van der Waals surface area contributed by atoms with Gasteiger partial charge in [0.2, 0.25) is 17.8 Å². The van der Waals surface area contributed by atoms with Crippen molar-refractivity contribution in [2.75, 3.05) is 48.8 Å². The quantitative estimate of drug-likeness (QED) is 0.688. The first-order valence-corrected chi connectivity index (χ1v) is 10.3. The molecule has 4 rings (SSSR count). The van der Waals surface area contributed by atoms with Gasteiger partial charge in [-0.25, -0.2) is 10.1 Å². The van der Waals surface area contributed by atoms with Gasteiger partial charge in [0, 0.05) is 56.9 Å². The van der Waals surface area contributed by atoms with Crippen molar-refractivity contribution in [3.05, 3.63) is 18.1 Å². The van der Waals surface area contributed by atoms with E-state index in [2.05, 4.69) is 40.7 Å². The number of piperazine rings is 1. The SMILES string of the molecule is CNc1cc(C)nc(NC2CCC(C(=O)N3CCN(c4ncn[nH]4)CC3)CC2)n1. The number of aromatic amines is 1. The van der Waals surface area contributed by atoms with E-state index in [-0.39, 0.29) is 5.92 Å². The minimum absolute atomic E-state index is 0.121. The van der Waals surface area contributed by atoms with Crippen LogP contribution in [-0.2, 0) is 4.79 Å². The number of carbonyl (C=O) groups excluding carboxylic acids is 1. The fraction of sp³-hybridized carbons (Fsp3) is 0.632. The Kier molecular flexibility index (Phi) is 5.77. The van der Waals surface area contributed by atoms with E-state index in [1.165, 1.54) is 6.33 Å². The van der Waals surface area contributed by atoms with Crippen LogP contribution in [0.2, 0.25) is 0 Å². The molecule has 1 aliphatic carbocycles. The summed E-state index contributed by atoms with van der Waals surface area (Å²) in [7, 11) is 1.85. The van der Waals surface area contributed by atoms with Crippen LogP contribution in [0.4, 0.5) is 17.7 Å². The summed E-state index contributed by atoms with van der Waals surface area (Å²) in [6, 6.07) is 2.23. The van der Waals surface area contributed by atoms with E-state index in [1.54, 1.807) is 0 Å². The van der Waals surface area contributed by atoms with Gasteiger partial charge in [-0.05, 0) is 32.6 Å². The van der Waals surface area contributed by atoms with E-state index in [0.717, 1.165) is 69.3 Å². The second-order valence-electron chi connectivity index (χ2n) is 7.78. The molecule has 2 fully saturated rings. The molecule has 10 heteroatoms. The van der Waals surface area contributed by atoms with Gasteiger partial charge >= 0.3 is 0 Å². The lowest BCUT2D eigenvalue weighted by Gasteiger charge is -2.37. The first-order chi connectivity index (χ1) is 14.1. The summed E-state index contributed by atoms with van der Waals surface area (Å²) in [4.78, 5) is 30.3. The summed E-state index contributed by atoms with van der Waals surface area (Å²) in [5, 5.41) is 13.3. The van der Waals surface area contributed by atoms with Crippen molar-refractivity contribution in [1.82, 2.24) is 30.0 Å². The molecule has 0 unspecified atom stereocenters. The molecule has 156 valence electrons. The van der Waals surface area contributed by atoms with Crippen LogP contribution < -0.4 is 15.5 Å². The standard InChI is InChI=1S/C19H29N9O/c1-13-11-16(20-2)25-18(23-13)24-15-5-3-14(4-6-15)17(29)27-7-9-28(10-8-27)19-21-12-22-26-19/h11-12,14-15H,3-10H2,1-2H3,(H,21,22,26)(H2,20,23,24,25). The molecule has 2 aromatic rings. The first kappa shape index (κ1) is 19.4. The molecule has 29 heavy (non-hydrogen) atoms. The third-order valence-electron chi connectivity index (χ3n) is 5.81. The van der Waals surface area contributed by atoms with Crippen LogP contribution in [0.15, 0.2) is 12.4 Å². The third-order valence-corrected chi connectivity index (χ3v) is 5.81. The van der Waals surface area contributed by atoms with Crippen LogP contribution in [0.25, 0.3) is 0 Å². The molecular formula is C19H29N9O. The molecule has 3 N–H and O–H groups in total. The molecule has 0 atom stereocenters. The molecule has 10 nitrogen and oxygen atoms in total. The molecule has 1 aliphatic heterocycles. The zero-order valence-corrected chi connectivity index (χ0v) is 17.1. The van der Waals surface area contributed by atoms with Crippen molar-refractivity contribution >= 4 is 23.6 Å². The predicted octanol–water partition coefficient (Wildman–Crippen LogP) is 1.26. The van der Waals surface area contributed by atoms with Gasteiger partial charge in [-0.3, -0.25) is 4.79 Å². The zero-order chi connectivity index (χ0) is 20.2. The average molecular weight is 400 g/mol. The maximum atomic E-state index is 13.0. The van der Waals surface area contributed by atoms with Crippen LogP contribution in [0, 0.1) is 12.8 Å². The highest BCUT2D eigenvalue weighted by atomic mass is 16.2. The van der Waals surface area contributed by atoms with Crippen molar-refractivity contribution in [2.24, 2.45) is 5.92 Å². The number of hydrogen-bond acceptors (Lipinski definition) is 8. The monoisotopic (exact) mass is 399 g/mol. The molecule has 3 heterocycles. The predicted molar refractivity (Wildman–Crippen MR) is 111 cm³/mol. The largest absolute Gasteiger partial charge is 0.373 e. The Morgan fingerprint density at radius 3 is 2.55 bits per heavy atom. The van der Waals surface area contributed by atoms with E-state index in [9.17, 15) is 4.79 Å². The summed E-state index contributed by atoms with van der Waals surface area (Å²) in [5.74, 6) is 2.67. The number of aromatic nitrogens is 5. The van der Waals surface area contributed by atoms with Gasteiger partial charge in [0.15, 0.2) is 0 Å². The van der Waals surface area contributed by atoms with Crippen LogP contribution in [0.3, 0.4) is 0 Å². The Hall–Kier alpha value is -2.91. The molecule has 1 saturated heterocycles. The number of hydrogen-bond donors (Lipinski definition) is 3. The van der Waals surface area contributed by atoms with Crippen molar-refractivity contribution in [2.45, 2.75) is 38.6 Å². The minimum atomic E-state index is 0.121. The smallest absolute Gasteiger partial charge is 0.225 e. The molecule has 1 amide bonds. The van der Waals surface area contributed by atoms with E-state index >= 15 is 0 Å². The highest BCUT2D eigenvalue weighted by molar-refractivity contribution is 5.79. The second kappa shape index (κ2) is 8.62. The molecule has 0 bridgehead atoms. The number of amides is 1. The summed E-state index contributed by atoms with van der Waals surface area (Å²) >= 11 is 0. The number of aryl methyl sites for hydroxylation is 1. The van der Waals surface area contributed by atoms with Crippen molar-refractivity contribution in [3.63, 3.8) is 0 Å². The van der Waals surface area contributed by atoms with Gasteiger partial charge in [-0.15, -0.1) is 0 Å². The second-order valence-corrected chi connectivity index (χ2v) is 7.78. The normalized spacial score (nSPS) is 22.4. The number of nitrogens with zero attached hydrogens (tertiary/aromatic N) is 6. The first-order valence-electron chi connectivity index (χ1n) is 10.3. The maximum Gasteiger partial charge on any atom is 0.225 e. The summed E-state index contributed by atoms with van der Waals surface area (Å²) in [6.45, 7) is 5.02. The summed E-state index contributed by atoms with van der Waals surface area (Å²) in [5.41, 5.74) is 0.931. The van der Waals surface area contributed by atoms with Gasteiger partial charge in [-0.2, -0.15) is 15.1 Å². The number of carbonyl (C=O) groups is 1. The van der Waals surface area contributed by atoms with E-state index < -0.39 is 0 Å². The fourth-order valence-corrected chi connectivity index (χ4v) is 4.18. The highest BCUT2D eigenvalue weighted by Gasteiger charge is 2.31. The van der Waals surface area contributed by atoms with Crippen LogP contribution in [0.5, 0.6) is 0 Å². The highest BCUT2D eigenvalue weighted by Crippen LogP contribution is 2.28. The topological polar surface area (TPSA) is 115 Å². The number of nitrogens with one attached hydrogen (secondary N) is 3. The Balaban J connectivity index is 1.25. The Morgan fingerprint density at radius 1 is 1.14 bits per heavy atom. The van der Waals surface area contributed by atoms with Crippen LogP contribution >= 0.6 is 0 Å². The molecular weight excluding hydrogens is 370 g/mol. The van der Waals surface area contributed by atoms with E-state index in [1.807, 2.05) is 24.9 Å². The lowest BCUT2D eigenvalue weighted by atomic mass is 9.85. The number of rotatable bonds is 5. The summed E-state index contributed by atoms with van der Waals surface area (Å²) in [6.07, 6.45) is 5.25. The molecule has 1 saturated carbocycles. The van der Waals surface area contributed by atoms with Gasteiger partial charge < -0.3 is 20.4 Å². The molecule has 2 aliphatic rings. The Bertz CT molecular complexity index is 809. The summed E-state index contributed by atoms with van der Waals surface area (Å²) < 4.78 is 0. The van der Waals surface area contributed by atoms with Gasteiger partial charge in [0.05, 0.1) is 0 Å². The van der Waals surface area contributed by atoms with Gasteiger partial charge in [-0.1, -0.05) is 0 Å². The fourth-order valence-electron chi connectivity index (χ4n) is 4.18. The number of H-pyrrole nitrogens is 1. The van der Waals surface area contributed by atoms with Crippen molar-refractivity contribution in [3.8, 4) is 0 Å². The van der Waals surface area contributed by atoms with Gasteiger partial charge in [0.1, 0.15) is 12.1 Å². The minimum Gasteiger partial charge on any atom is -0.373 e. The molecule has 0 aromatic carbocycles. The number of anilines is 3. The average Bonchev–Trinajstić information content (AvgIpc) is 3.28. The maximum absolute atomic E-state index is 13.0. The lowest BCUT2D eigenvalue weighted by molar-refractivity contribution is -0.136. The lowest BCUT2D eigenvalue weighted by Crippen LogP contribution is -2.51. The Labute approximate surface area is 170 Å². The van der Waals surface area contributed by atoms with E-state index in [4.69, 9.17) is 0 Å². The molecule has 0 radical (unpaired) electrons. The van der Waals surface area contributed by atoms with Crippen LogP contribution in [-0.4, -0.2) is 75.2 Å². The van der Waals surface area contributed by atoms with Crippen molar-refractivity contribution in [1.29, 1.82) is 0 Å². The van der Waals surface area contributed by atoms with E-state index in [0.29, 0.717) is 17.9 Å².